The second-order valence-electron chi connectivity index (χ2n) is 6.21. The summed E-state index contributed by atoms with van der Waals surface area (Å²) in [5, 5.41) is 2.67. The molecule has 0 saturated carbocycles. The van der Waals surface area contributed by atoms with Gasteiger partial charge < -0.3 is 9.64 Å². The molecule has 0 aromatic carbocycles. The zero-order chi connectivity index (χ0) is 16.6. The van der Waals surface area contributed by atoms with Crippen LogP contribution in [0, 0.1) is 18.8 Å². The smallest absolute Gasteiger partial charge is 0.273 e. The molecule has 0 unspecified atom stereocenters. The van der Waals surface area contributed by atoms with Gasteiger partial charge in [0.25, 0.3) is 5.91 Å². The summed E-state index contributed by atoms with van der Waals surface area (Å²) in [6.45, 7) is 4.07. The molecular weight excluding hydrogens is 338 g/mol. The van der Waals surface area contributed by atoms with Crippen molar-refractivity contribution in [1.29, 1.82) is 0 Å². The third-order valence-corrected chi connectivity index (χ3v) is 5.95. The number of thiazole rings is 1. The topological polar surface area (TPSA) is 88.6 Å². The molecule has 128 valence electrons. The van der Waals surface area contributed by atoms with Gasteiger partial charge in [-0.1, -0.05) is 0 Å². The van der Waals surface area contributed by atoms with E-state index in [-0.39, 0.29) is 24.5 Å². The molecule has 1 amide bonds. The molecular formula is C14H21N3O4S2. The maximum atomic E-state index is 12.5. The number of likely N-dealkylation sites (tertiary alicyclic amines) is 1. The molecule has 2 aliphatic heterocycles. The molecule has 9 heteroatoms. The number of amides is 1. The first-order chi connectivity index (χ1) is 10.8. The summed E-state index contributed by atoms with van der Waals surface area (Å²) in [5.74, 6) is 0.513. The number of sulfonamides is 1. The van der Waals surface area contributed by atoms with E-state index in [1.165, 1.54) is 11.3 Å². The van der Waals surface area contributed by atoms with Crippen molar-refractivity contribution < 1.29 is 17.9 Å². The standard InChI is InChI=1S/C14H21N3O4S2/c1-9-16-12(8-22-9)14(18)17-4-3-10-7-21-13(11(10)6-17)5-15-23(2,19)20/h8,10-11,13,15H,3-7H2,1-2H3/t10-,11-,13+/m0/s1. The Kier molecular flexibility index (Phi) is 4.73. The van der Waals surface area contributed by atoms with E-state index in [1.807, 2.05) is 11.8 Å². The normalized spacial score (nSPS) is 27.9. The lowest BCUT2D eigenvalue weighted by atomic mass is 9.84. The number of hydrogen-bond donors (Lipinski definition) is 1. The van der Waals surface area contributed by atoms with Crippen molar-refractivity contribution in [2.75, 3.05) is 32.5 Å². The number of carbonyl (C=O) groups is 1. The number of piperidine rings is 1. The van der Waals surface area contributed by atoms with Crippen LogP contribution in [0.1, 0.15) is 21.9 Å². The largest absolute Gasteiger partial charge is 0.376 e. The average Bonchev–Trinajstić information content (AvgIpc) is 3.09. The highest BCUT2D eigenvalue weighted by atomic mass is 32.2. The van der Waals surface area contributed by atoms with E-state index in [9.17, 15) is 13.2 Å². The molecule has 7 nitrogen and oxygen atoms in total. The lowest BCUT2D eigenvalue weighted by Crippen LogP contribution is -2.47. The molecule has 1 N–H and O–H groups in total. The van der Waals surface area contributed by atoms with Crippen LogP contribution >= 0.6 is 11.3 Å². The van der Waals surface area contributed by atoms with Crippen LogP contribution in [0.3, 0.4) is 0 Å². The third-order valence-electron chi connectivity index (χ3n) is 4.48. The quantitative estimate of drug-likeness (QED) is 0.845. The van der Waals surface area contributed by atoms with E-state index in [0.717, 1.165) is 17.7 Å². The fourth-order valence-corrected chi connectivity index (χ4v) is 4.34. The number of nitrogens with one attached hydrogen (secondary N) is 1. The van der Waals surface area contributed by atoms with Crippen molar-refractivity contribution in [3.8, 4) is 0 Å². The molecule has 2 fully saturated rings. The first-order valence-corrected chi connectivity index (χ1v) is 10.4. The molecule has 0 spiro atoms. The van der Waals surface area contributed by atoms with Crippen LogP contribution in [0.15, 0.2) is 5.38 Å². The van der Waals surface area contributed by atoms with Gasteiger partial charge in [-0.2, -0.15) is 0 Å². The summed E-state index contributed by atoms with van der Waals surface area (Å²) in [6, 6.07) is 0. The van der Waals surface area contributed by atoms with Gasteiger partial charge in [-0.3, -0.25) is 4.79 Å². The highest BCUT2D eigenvalue weighted by Gasteiger charge is 2.42. The first-order valence-electron chi connectivity index (χ1n) is 7.61. The van der Waals surface area contributed by atoms with Crippen LogP contribution in [-0.2, 0) is 14.8 Å². The van der Waals surface area contributed by atoms with Gasteiger partial charge in [-0.15, -0.1) is 11.3 Å². The monoisotopic (exact) mass is 359 g/mol. The van der Waals surface area contributed by atoms with Crippen molar-refractivity contribution in [2.45, 2.75) is 19.4 Å². The first kappa shape index (κ1) is 16.8. The fourth-order valence-electron chi connectivity index (χ4n) is 3.28. The van der Waals surface area contributed by atoms with Crippen LogP contribution in [0.2, 0.25) is 0 Å². The minimum absolute atomic E-state index is 0.0467. The molecule has 23 heavy (non-hydrogen) atoms. The van der Waals surface area contributed by atoms with E-state index in [1.54, 1.807) is 5.38 Å². The summed E-state index contributed by atoms with van der Waals surface area (Å²) in [4.78, 5) is 18.6. The Morgan fingerprint density at radius 2 is 2.35 bits per heavy atom. The average molecular weight is 359 g/mol. The van der Waals surface area contributed by atoms with Crippen molar-refractivity contribution in [3.63, 3.8) is 0 Å². The van der Waals surface area contributed by atoms with Crippen LogP contribution in [0.25, 0.3) is 0 Å². The van der Waals surface area contributed by atoms with Crippen molar-refractivity contribution >= 4 is 27.3 Å². The Morgan fingerprint density at radius 1 is 1.57 bits per heavy atom. The molecule has 0 radical (unpaired) electrons. The van der Waals surface area contributed by atoms with E-state index in [0.29, 0.717) is 31.3 Å². The molecule has 2 saturated heterocycles. The molecule has 0 bridgehead atoms. The van der Waals surface area contributed by atoms with Gasteiger partial charge in [0.15, 0.2) is 0 Å². The zero-order valence-electron chi connectivity index (χ0n) is 13.2. The van der Waals surface area contributed by atoms with E-state index < -0.39 is 10.0 Å². The molecule has 2 aliphatic rings. The van der Waals surface area contributed by atoms with E-state index in [4.69, 9.17) is 4.74 Å². The number of ether oxygens (including phenoxy) is 1. The Hall–Kier alpha value is -1.03. The van der Waals surface area contributed by atoms with Crippen molar-refractivity contribution in [3.05, 3.63) is 16.1 Å². The van der Waals surface area contributed by atoms with Gasteiger partial charge in [0.2, 0.25) is 10.0 Å². The lowest BCUT2D eigenvalue weighted by molar-refractivity contribution is 0.0558. The van der Waals surface area contributed by atoms with Gasteiger partial charge >= 0.3 is 0 Å². The van der Waals surface area contributed by atoms with E-state index >= 15 is 0 Å². The number of fused-ring (bicyclic) bond motifs is 1. The maximum absolute atomic E-state index is 12.5. The fraction of sp³-hybridized carbons (Fsp3) is 0.714. The summed E-state index contributed by atoms with van der Waals surface area (Å²) < 4.78 is 30.8. The number of rotatable bonds is 4. The third kappa shape index (κ3) is 3.90. The SMILES string of the molecule is Cc1nc(C(=O)N2CC[C@H]3CO[C@H](CNS(C)(=O)=O)[C@H]3C2)cs1. The summed E-state index contributed by atoms with van der Waals surface area (Å²) >= 11 is 1.47. The van der Waals surface area contributed by atoms with Gasteiger partial charge in [0.05, 0.1) is 24.0 Å². The van der Waals surface area contributed by atoms with Crippen molar-refractivity contribution in [2.24, 2.45) is 11.8 Å². The van der Waals surface area contributed by atoms with Gasteiger partial charge in [0.1, 0.15) is 5.69 Å². The second-order valence-corrected chi connectivity index (χ2v) is 9.10. The predicted octanol–water partition coefficient (Wildman–Crippen LogP) is 0.478. The van der Waals surface area contributed by atoms with Crippen LogP contribution in [-0.4, -0.2) is 62.8 Å². The number of aromatic nitrogens is 1. The Labute approximate surface area is 140 Å². The number of hydrogen-bond acceptors (Lipinski definition) is 6. The van der Waals surface area contributed by atoms with Crippen LogP contribution < -0.4 is 4.72 Å². The molecule has 3 rings (SSSR count). The molecule has 3 heterocycles. The number of aryl methyl sites for hydroxylation is 1. The zero-order valence-corrected chi connectivity index (χ0v) is 14.8. The van der Waals surface area contributed by atoms with Gasteiger partial charge in [-0.25, -0.2) is 18.1 Å². The Morgan fingerprint density at radius 3 is 3.00 bits per heavy atom. The maximum Gasteiger partial charge on any atom is 0.273 e. The minimum atomic E-state index is -3.24. The number of nitrogens with zero attached hydrogens (tertiary/aromatic N) is 2. The lowest BCUT2D eigenvalue weighted by Gasteiger charge is -2.35. The minimum Gasteiger partial charge on any atom is -0.376 e. The molecule has 0 aliphatic carbocycles. The summed E-state index contributed by atoms with van der Waals surface area (Å²) in [5.41, 5.74) is 0.496. The highest BCUT2D eigenvalue weighted by molar-refractivity contribution is 7.88. The van der Waals surface area contributed by atoms with Crippen LogP contribution in [0.4, 0.5) is 0 Å². The van der Waals surface area contributed by atoms with Gasteiger partial charge in [-0.05, 0) is 19.3 Å². The summed E-state index contributed by atoms with van der Waals surface area (Å²) in [7, 11) is -3.24. The second kappa shape index (κ2) is 6.46. The Balaban J connectivity index is 1.65. The molecule has 3 atom stereocenters. The molecule has 1 aromatic heterocycles. The summed E-state index contributed by atoms with van der Waals surface area (Å²) in [6.07, 6.45) is 1.85. The number of carbonyl (C=O) groups excluding carboxylic acids is 1. The van der Waals surface area contributed by atoms with Crippen LogP contribution in [0.5, 0.6) is 0 Å². The molecule has 1 aromatic rings. The van der Waals surface area contributed by atoms with Gasteiger partial charge in [0, 0.05) is 30.9 Å². The van der Waals surface area contributed by atoms with Crippen molar-refractivity contribution in [1.82, 2.24) is 14.6 Å². The Bertz CT molecular complexity index is 688. The highest BCUT2D eigenvalue weighted by Crippen LogP contribution is 2.34. The predicted molar refractivity (Wildman–Crippen MR) is 86.9 cm³/mol. The van der Waals surface area contributed by atoms with E-state index in [2.05, 4.69) is 9.71 Å².